The zero-order chi connectivity index (χ0) is 19.4. The number of anilines is 2. The van der Waals surface area contributed by atoms with Gasteiger partial charge >= 0.3 is 0 Å². The number of carbonyl (C=O) groups is 1. The molecule has 0 unspecified atom stereocenters. The Morgan fingerprint density at radius 2 is 1.81 bits per heavy atom. The fraction of sp³-hybridized carbons (Fsp3) is 0.364. The van der Waals surface area contributed by atoms with E-state index in [0.29, 0.717) is 16.7 Å². The molecule has 0 spiro atoms. The summed E-state index contributed by atoms with van der Waals surface area (Å²) in [7, 11) is 0. The molecular formula is C22H27N3OS. The first-order valence-corrected chi connectivity index (χ1v) is 9.91. The van der Waals surface area contributed by atoms with Crippen LogP contribution in [0.15, 0.2) is 42.5 Å². The van der Waals surface area contributed by atoms with Crippen molar-refractivity contribution in [2.45, 2.75) is 46.1 Å². The van der Waals surface area contributed by atoms with Crippen LogP contribution in [0.25, 0.3) is 0 Å². The van der Waals surface area contributed by atoms with E-state index in [9.17, 15) is 4.79 Å². The summed E-state index contributed by atoms with van der Waals surface area (Å²) in [5.41, 5.74) is 4.96. The standard InChI is InChI=1S/C22H27N3OS/c1-15-7-8-18(14-16(15)2)21(26)24-22(27)23-19-9-11-20(12-10-19)25-13-5-4-6-17(25)3/h7-12,14,17H,4-6,13H2,1-3H3,(H2,23,24,26,27)/t17-/m1/s1. The number of hydrogen-bond acceptors (Lipinski definition) is 3. The summed E-state index contributed by atoms with van der Waals surface area (Å²) in [6, 6.07) is 14.4. The Labute approximate surface area is 167 Å². The molecule has 1 aliphatic heterocycles. The molecule has 1 aliphatic rings. The van der Waals surface area contributed by atoms with E-state index in [2.05, 4.69) is 34.6 Å². The number of carbonyl (C=O) groups excluding carboxylic acids is 1. The third-order valence-corrected chi connectivity index (χ3v) is 5.46. The van der Waals surface area contributed by atoms with Gasteiger partial charge in [-0.1, -0.05) is 6.07 Å². The summed E-state index contributed by atoms with van der Waals surface area (Å²) < 4.78 is 0. The Morgan fingerprint density at radius 3 is 2.48 bits per heavy atom. The quantitative estimate of drug-likeness (QED) is 0.749. The molecule has 3 rings (SSSR count). The van der Waals surface area contributed by atoms with Crippen LogP contribution >= 0.6 is 12.2 Å². The van der Waals surface area contributed by atoms with Crippen LogP contribution < -0.4 is 15.5 Å². The number of aryl methyl sites for hydroxylation is 2. The molecule has 2 aromatic rings. The highest BCUT2D eigenvalue weighted by Crippen LogP contribution is 2.25. The van der Waals surface area contributed by atoms with Gasteiger partial charge in [-0.15, -0.1) is 0 Å². The molecule has 0 saturated carbocycles. The molecule has 1 amide bonds. The van der Waals surface area contributed by atoms with Gasteiger partial charge in [-0.2, -0.15) is 0 Å². The van der Waals surface area contributed by atoms with Gasteiger partial charge in [0.15, 0.2) is 5.11 Å². The van der Waals surface area contributed by atoms with Gasteiger partial charge in [0.2, 0.25) is 0 Å². The smallest absolute Gasteiger partial charge is 0.257 e. The molecule has 2 N–H and O–H groups in total. The number of thiocarbonyl (C=S) groups is 1. The van der Waals surface area contributed by atoms with Crippen LogP contribution in [0, 0.1) is 13.8 Å². The molecule has 4 nitrogen and oxygen atoms in total. The second kappa shape index (κ2) is 8.53. The summed E-state index contributed by atoms with van der Waals surface area (Å²) in [4.78, 5) is 14.8. The van der Waals surface area contributed by atoms with Crippen LogP contribution in [0.5, 0.6) is 0 Å². The van der Waals surface area contributed by atoms with Crippen molar-refractivity contribution in [2.24, 2.45) is 0 Å². The minimum absolute atomic E-state index is 0.200. The summed E-state index contributed by atoms with van der Waals surface area (Å²) in [5, 5.41) is 6.14. The minimum Gasteiger partial charge on any atom is -0.369 e. The van der Waals surface area contributed by atoms with Gasteiger partial charge in [-0.3, -0.25) is 10.1 Å². The van der Waals surface area contributed by atoms with Crippen molar-refractivity contribution in [3.05, 3.63) is 59.2 Å². The molecule has 0 radical (unpaired) electrons. The second-order valence-electron chi connectivity index (χ2n) is 7.29. The number of nitrogens with one attached hydrogen (secondary N) is 2. The molecule has 2 aromatic carbocycles. The summed E-state index contributed by atoms with van der Waals surface area (Å²) in [6.07, 6.45) is 3.80. The maximum Gasteiger partial charge on any atom is 0.257 e. The third kappa shape index (κ3) is 4.86. The summed E-state index contributed by atoms with van der Waals surface area (Å²) >= 11 is 5.29. The van der Waals surface area contributed by atoms with Crippen molar-refractivity contribution in [2.75, 3.05) is 16.8 Å². The zero-order valence-corrected chi connectivity index (χ0v) is 17.0. The summed E-state index contributed by atoms with van der Waals surface area (Å²) in [6.45, 7) is 7.41. The molecule has 27 heavy (non-hydrogen) atoms. The largest absolute Gasteiger partial charge is 0.369 e. The highest BCUT2D eigenvalue weighted by molar-refractivity contribution is 7.80. The van der Waals surface area contributed by atoms with E-state index in [1.807, 2.05) is 44.2 Å². The molecule has 0 aromatic heterocycles. The minimum atomic E-state index is -0.200. The van der Waals surface area contributed by atoms with Gasteiger partial charge in [-0.05, 0) is 99.8 Å². The van der Waals surface area contributed by atoms with Gasteiger partial charge in [0, 0.05) is 29.5 Å². The van der Waals surface area contributed by atoms with Crippen molar-refractivity contribution < 1.29 is 4.79 Å². The third-order valence-electron chi connectivity index (χ3n) is 5.26. The van der Waals surface area contributed by atoms with Crippen molar-refractivity contribution in [3.8, 4) is 0 Å². The monoisotopic (exact) mass is 381 g/mol. The highest BCUT2D eigenvalue weighted by Gasteiger charge is 2.18. The number of amides is 1. The van der Waals surface area contributed by atoms with E-state index in [-0.39, 0.29) is 5.91 Å². The Kier molecular flexibility index (Phi) is 6.11. The van der Waals surface area contributed by atoms with Gasteiger partial charge in [0.25, 0.3) is 5.91 Å². The lowest BCUT2D eigenvalue weighted by Crippen LogP contribution is -2.37. The molecule has 0 aliphatic carbocycles. The highest BCUT2D eigenvalue weighted by atomic mass is 32.1. The van der Waals surface area contributed by atoms with Crippen molar-refractivity contribution >= 4 is 34.6 Å². The second-order valence-corrected chi connectivity index (χ2v) is 7.70. The number of nitrogens with zero attached hydrogens (tertiary/aromatic N) is 1. The normalized spacial score (nSPS) is 16.7. The molecule has 1 atom stereocenters. The van der Waals surface area contributed by atoms with Gasteiger partial charge in [0.1, 0.15) is 0 Å². The average molecular weight is 382 g/mol. The van der Waals surface area contributed by atoms with Gasteiger partial charge < -0.3 is 10.2 Å². The van der Waals surface area contributed by atoms with E-state index in [0.717, 1.165) is 23.4 Å². The predicted molar refractivity (Wildman–Crippen MR) is 117 cm³/mol. The molecule has 142 valence electrons. The van der Waals surface area contributed by atoms with Crippen molar-refractivity contribution in [3.63, 3.8) is 0 Å². The first-order chi connectivity index (χ1) is 12.9. The molecule has 5 heteroatoms. The lowest BCUT2D eigenvalue weighted by molar-refractivity contribution is 0.0977. The molecule has 1 saturated heterocycles. The van der Waals surface area contributed by atoms with Crippen molar-refractivity contribution in [1.29, 1.82) is 0 Å². The first-order valence-electron chi connectivity index (χ1n) is 9.50. The fourth-order valence-corrected chi connectivity index (χ4v) is 3.65. The number of hydrogen-bond donors (Lipinski definition) is 2. The van der Waals surface area contributed by atoms with Crippen LogP contribution in [0.1, 0.15) is 47.7 Å². The van der Waals surface area contributed by atoms with Gasteiger partial charge in [0.05, 0.1) is 0 Å². The Morgan fingerprint density at radius 1 is 1.07 bits per heavy atom. The lowest BCUT2D eigenvalue weighted by Gasteiger charge is -2.35. The van der Waals surface area contributed by atoms with Gasteiger partial charge in [-0.25, -0.2) is 0 Å². The number of rotatable bonds is 3. The number of piperidine rings is 1. The number of benzene rings is 2. The van der Waals surface area contributed by atoms with Crippen LogP contribution in [0.2, 0.25) is 0 Å². The Balaban J connectivity index is 1.59. The zero-order valence-electron chi connectivity index (χ0n) is 16.2. The lowest BCUT2D eigenvalue weighted by atomic mass is 10.0. The summed E-state index contributed by atoms with van der Waals surface area (Å²) in [5.74, 6) is -0.200. The molecular weight excluding hydrogens is 354 g/mol. The average Bonchev–Trinajstić information content (AvgIpc) is 2.65. The van der Waals surface area contributed by atoms with Crippen LogP contribution in [0.3, 0.4) is 0 Å². The van der Waals surface area contributed by atoms with E-state index in [1.54, 1.807) is 0 Å². The first kappa shape index (κ1) is 19.4. The van der Waals surface area contributed by atoms with Crippen molar-refractivity contribution in [1.82, 2.24) is 5.32 Å². The Hall–Kier alpha value is -2.40. The van der Waals surface area contributed by atoms with Crippen LogP contribution in [0.4, 0.5) is 11.4 Å². The molecule has 1 heterocycles. The van der Waals surface area contributed by atoms with Crippen LogP contribution in [-0.2, 0) is 0 Å². The fourth-order valence-electron chi connectivity index (χ4n) is 3.44. The SMILES string of the molecule is Cc1ccc(C(=O)NC(=S)Nc2ccc(N3CCCC[C@H]3C)cc2)cc1C. The van der Waals surface area contributed by atoms with E-state index in [1.165, 1.54) is 24.9 Å². The maximum absolute atomic E-state index is 12.4. The van der Waals surface area contributed by atoms with E-state index >= 15 is 0 Å². The predicted octanol–water partition coefficient (Wildman–Crippen LogP) is 4.81. The van der Waals surface area contributed by atoms with Crippen LogP contribution in [-0.4, -0.2) is 23.6 Å². The van der Waals surface area contributed by atoms with E-state index in [4.69, 9.17) is 12.2 Å². The topological polar surface area (TPSA) is 44.4 Å². The molecule has 0 bridgehead atoms. The maximum atomic E-state index is 12.4. The van der Waals surface area contributed by atoms with E-state index < -0.39 is 0 Å². The molecule has 1 fully saturated rings. The Bertz CT molecular complexity index is 832.